The highest BCUT2D eigenvalue weighted by Gasteiger charge is 2.28. The third-order valence-corrected chi connectivity index (χ3v) is 3.39. The summed E-state index contributed by atoms with van der Waals surface area (Å²) in [6.45, 7) is 5.05. The predicted molar refractivity (Wildman–Crippen MR) is 74.3 cm³/mol. The molecule has 0 atom stereocenters. The van der Waals surface area contributed by atoms with E-state index >= 15 is 0 Å². The molecule has 0 bridgehead atoms. The summed E-state index contributed by atoms with van der Waals surface area (Å²) in [6, 6.07) is 5.23. The Morgan fingerprint density at radius 1 is 1.21 bits per heavy atom. The number of hydrogen-bond donors (Lipinski definition) is 1. The molecule has 2 rings (SSSR count). The van der Waals surface area contributed by atoms with Crippen LogP contribution in [0.2, 0.25) is 0 Å². The molecule has 0 aromatic heterocycles. The van der Waals surface area contributed by atoms with E-state index in [0.29, 0.717) is 13.1 Å². The monoisotopic (exact) mass is 261 g/mol. The first-order valence-corrected chi connectivity index (χ1v) is 6.40. The van der Waals surface area contributed by atoms with E-state index in [2.05, 4.69) is 5.32 Å². The Morgan fingerprint density at radius 2 is 1.84 bits per heavy atom. The largest absolute Gasteiger partial charge is 0.330 e. The van der Waals surface area contributed by atoms with Gasteiger partial charge in [-0.1, -0.05) is 18.2 Å². The fraction of sp³-hybridized carbons (Fsp3) is 0.429. The number of anilines is 1. The summed E-state index contributed by atoms with van der Waals surface area (Å²) in [4.78, 5) is 26.9. The highest BCUT2D eigenvalue weighted by Crippen LogP contribution is 2.20. The van der Waals surface area contributed by atoms with Gasteiger partial charge < -0.3 is 10.2 Å². The zero-order chi connectivity index (χ0) is 14.0. The normalized spacial score (nSPS) is 15.6. The maximum absolute atomic E-state index is 12.2. The third-order valence-electron chi connectivity index (χ3n) is 3.39. The number of nitrogens with zero attached hydrogens (tertiary/aromatic N) is 2. The number of carbonyl (C=O) groups is 2. The molecule has 102 valence electrons. The van der Waals surface area contributed by atoms with Gasteiger partial charge in [-0.15, -0.1) is 0 Å². The molecule has 1 N–H and O–H groups in total. The van der Waals surface area contributed by atoms with Crippen molar-refractivity contribution in [2.24, 2.45) is 0 Å². The number of aryl methyl sites for hydroxylation is 2. The molecule has 4 amide bonds. The van der Waals surface area contributed by atoms with Crippen LogP contribution in [0.25, 0.3) is 0 Å². The standard InChI is InChI=1S/C14H19N3O2/c1-10-6-4-7-11(2)12(10)15-13(18)17-9-5-8-16(3)14(17)19/h4,6-7H,5,8-9H2,1-3H3,(H,15,18). The number of carbonyl (C=O) groups excluding carboxylic acids is 2. The van der Waals surface area contributed by atoms with E-state index in [0.717, 1.165) is 23.2 Å². The molecule has 0 unspecified atom stereocenters. The van der Waals surface area contributed by atoms with E-state index in [1.54, 1.807) is 11.9 Å². The van der Waals surface area contributed by atoms with Crippen molar-refractivity contribution in [3.8, 4) is 0 Å². The molecule has 19 heavy (non-hydrogen) atoms. The lowest BCUT2D eigenvalue weighted by Gasteiger charge is -2.32. The molecule has 0 saturated carbocycles. The van der Waals surface area contributed by atoms with E-state index in [9.17, 15) is 9.59 Å². The predicted octanol–water partition coefficient (Wildman–Crippen LogP) is 2.59. The Labute approximate surface area is 113 Å². The lowest BCUT2D eigenvalue weighted by Crippen LogP contribution is -2.51. The van der Waals surface area contributed by atoms with Crippen molar-refractivity contribution in [3.63, 3.8) is 0 Å². The molecule has 0 radical (unpaired) electrons. The van der Waals surface area contributed by atoms with Crippen molar-refractivity contribution in [2.45, 2.75) is 20.3 Å². The van der Waals surface area contributed by atoms with Gasteiger partial charge in [0.1, 0.15) is 0 Å². The zero-order valence-electron chi connectivity index (χ0n) is 11.6. The summed E-state index contributed by atoms with van der Waals surface area (Å²) in [5, 5.41) is 2.84. The molecule has 1 saturated heterocycles. The molecule has 5 heteroatoms. The lowest BCUT2D eigenvalue weighted by molar-refractivity contribution is 0.150. The van der Waals surface area contributed by atoms with Crippen LogP contribution in [0, 0.1) is 13.8 Å². The Bertz CT molecular complexity index is 493. The van der Waals surface area contributed by atoms with Crippen LogP contribution >= 0.6 is 0 Å². The van der Waals surface area contributed by atoms with Gasteiger partial charge in [-0.2, -0.15) is 0 Å². The number of imide groups is 1. The summed E-state index contributed by atoms with van der Waals surface area (Å²) in [5.74, 6) is 0. The molecular formula is C14H19N3O2. The van der Waals surface area contributed by atoms with Gasteiger partial charge in [0.25, 0.3) is 0 Å². The van der Waals surface area contributed by atoms with E-state index in [1.807, 2.05) is 32.0 Å². The number of urea groups is 2. The van der Waals surface area contributed by atoms with E-state index in [-0.39, 0.29) is 12.1 Å². The second-order valence-corrected chi connectivity index (χ2v) is 4.91. The molecule has 1 fully saturated rings. The Balaban J connectivity index is 2.15. The molecule has 5 nitrogen and oxygen atoms in total. The second kappa shape index (κ2) is 5.30. The maximum Gasteiger partial charge on any atom is 0.330 e. The van der Waals surface area contributed by atoms with Gasteiger partial charge in [0, 0.05) is 25.8 Å². The van der Waals surface area contributed by atoms with Crippen molar-refractivity contribution >= 4 is 17.7 Å². The van der Waals surface area contributed by atoms with Crippen molar-refractivity contribution < 1.29 is 9.59 Å². The topological polar surface area (TPSA) is 52.7 Å². The quantitative estimate of drug-likeness (QED) is 0.844. The first-order chi connectivity index (χ1) is 9.00. The molecule has 1 aromatic rings. The van der Waals surface area contributed by atoms with Crippen LogP contribution in [0.1, 0.15) is 17.5 Å². The summed E-state index contributed by atoms with van der Waals surface area (Å²) < 4.78 is 0. The van der Waals surface area contributed by atoms with E-state index in [4.69, 9.17) is 0 Å². The molecule has 1 heterocycles. The van der Waals surface area contributed by atoms with Crippen molar-refractivity contribution in [1.29, 1.82) is 0 Å². The number of benzene rings is 1. The van der Waals surface area contributed by atoms with E-state index < -0.39 is 0 Å². The highest BCUT2D eigenvalue weighted by molar-refractivity contribution is 6.01. The summed E-state index contributed by atoms with van der Waals surface area (Å²) in [7, 11) is 1.71. The first kappa shape index (κ1) is 13.4. The van der Waals surface area contributed by atoms with Gasteiger partial charge in [-0.05, 0) is 31.4 Å². The van der Waals surface area contributed by atoms with Crippen LogP contribution in [0.5, 0.6) is 0 Å². The van der Waals surface area contributed by atoms with Crippen molar-refractivity contribution in [2.75, 3.05) is 25.5 Å². The van der Waals surface area contributed by atoms with Crippen molar-refractivity contribution in [3.05, 3.63) is 29.3 Å². The number of rotatable bonds is 1. The molecule has 0 spiro atoms. The minimum Gasteiger partial charge on any atom is -0.327 e. The number of hydrogen-bond acceptors (Lipinski definition) is 2. The summed E-state index contributed by atoms with van der Waals surface area (Å²) >= 11 is 0. The van der Waals surface area contributed by atoms with Gasteiger partial charge in [0.05, 0.1) is 0 Å². The molecule has 1 aliphatic heterocycles. The van der Waals surface area contributed by atoms with Crippen LogP contribution in [0.15, 0.2) is 18.2 Å². The number of nitrogens with one attached hydrogen (secondary N) is 1. The minimum absolute atomic E-state index is 0.241. The van der Waals surface area contributed by atoms with Crippen LogP contribution in [0.3, 0.4) is 0 Å². The lowest BCUT2D eigenvalue weighted by atomic mass is 10.1. The van der Waals surface area contributed by atoms with Crippen LogP contribution in [-0.2, 0) is 0 Å². The van der Waals surface area contributed by atoms with Crippen LogP contribution < -0.4 is 5.32 Å². The summed E-state index contributed by atoms with van der Waals surface area (Å²) in [5.41, 5.74) is 2.77. The Kier molecular flexibility index (Phi) is 3.74. The zero-order valence-corrected chi connectivity index (χ0v) is 11.6. The second-order valence-electron chi connectivity index (χ2n) is 4.91. The van der Waals surface area contributed by atoms with Gasteiger partial charge in [-0.25, -0.2) is 14.5 Å². The van der Waals surface area contributed by atoms with Crippen molar-refractivity contribution in [1.82, 2.24) is 9.80 Å². The van der Waals surface area contributed by atoms with Gasteiger partial charge >= 0.3 is 12.1 Å². The fourth-order valence-corrected chi connectivity index (χ4v) is 2.24. The molecule has 1 aliphatic rings. The van der Waals surface area contributed by atoms with Crippen LogP contribution in [-0.4, -0.2) is 42.0 Å². The average molecular weight is 261 g/mol. The third kappa shape index (κ3) is 2.70. The smallest absolute Gasteiger partial charge is 0.327 e. The fourth-order valence-electron chi connectivity index (χ4n) is 2.24. The van der Waals surface area contributed by atoms with Gasteiger partial charge in [-0.3, -0.25) is 0 Å². The molecule has 1 aromatic carbocycles. The highest BCUT2D eigenvalue weighted by atomic mass is 16.2. The Morgan fingerprint density at radius 3 is 2.47 bits per heavy atom. The first-order valence-electron chi connectivity index (χ1n) is 6.40. The number of amides is 4. The average Bonchev–Trinajstić information content (AvgIpc) is 2.37. The van der Waals surface area contributed by atoms with E-state index in [1.165, 1.54) is 4.90 Å². The molecule has 0 aliphatic carbocycles. The maximum atomic E-state index is 12.2. The van der Waals surface area contributed by atoms with Gasteiger partial charge in [0.15, 0.2) is 0 Å². The van der Waals surface area contributed by atoms with Gasteiger partial charge in [0.2, 0.25) is 0 Å². The molecular weight excluding hydrogens is 242 g/mol. The summed E-state index contributed by atoms with van der Waals surface area (Å²) in [6.07, 6.45) is 0.808. The van der Waals surface area contributed by atoms with Crippen LogP contribution in [0.4, 0.5) is 15.3 Å². The SMILES string of the molecule is Cc1cccc(C)c1NC(=O)N1CCCN(C)C1=O. The number of para-hydroxylation sites is 1. The Hall–Kier alpha value is -2.04. The minimum atomic E-state index is -0.353.